The zero-order valence-electron chi connectivity index (χ0n) is 8.65. The molecule has 2 aromatic rings. The Morgan fingerprint density at radius 3 is 2.38 bits per heavy atom. The molecule has 0 atom stereocenters. The Morgan fingerprint density at radius 2 is 1.75 bits per heavy atom. The highest BCUT2D eigenvalue weighted by Crippen LogP contribution is 2.17. The number of hydrogen-bond donors (Lipinski definition) is 1. The van der Waals surface area contributed by atoms with Crippen LogP contribution in [0.4, 0.5) is 0 Å². The van der Waals surface area contributed by atoms with Gasteiger partial charge in [-0.25, -0.2) is 0 Å². The number of benzene rings is 1. The minimum absolute atomic E-state index is 0.391. The third-order valence-corrected chi connectivity index (χ3v) is 2.37. The fraction of sp³-hybridized carbons (Fsp3) is 0.167. The van der Waals surface area contributed by atoms with Crippen LogP contribution in [-0.4, -0.2) is 0 Å². The molecule has 1 aromatic carbocycles. The Bertz CT molecular complexity index is 450. The summed E-state index contributed by atoms with van der Waals surface area (Å²) in [6.45, 7) is 0.794. The maximum Gasteiger partial charge on any atom is 0.146 e. The van der Waals surface area contributed by atoms with E-state index in [-0.39, 0.29) is 0 Å². The van der Waals surface area contributed by atoms with E-state index in [0.717, 1.165) is 17.3 Å². The molecule has 0 amide bonds. The van der Waals surface area contributed by atoms with Gasteiger partial charge in [-0.1, -0.05) is 11.6 Å². The molecule has 0 spiro atoms. The zero-order valence-corrected chi connectivity index (χ0v) is 9.41. The largest absolute Gasteiger partial charge is 0.486 e. The van der Waals surface area contributed by atoms with Crippen molar-refractivity contribution >= 4 is 11.6 Å². The molecule has 1 heterocycles. The summed E-state index contributed by atoms with van der Waals surface area (Å²) in [5, 5.41) is 0.691. The van der Waals surface area contributed by atoms with Gasteiger partial charge in [0.05, 0.1) is 6.54 Å². The van der Waals surface area contributed by atoms with Gasteiger partial charge in [0.25, 0.3) is 0 Å². The third-order valence-electron chi connectivity index (χ3n) is 2.11. The number of rotatable bonds is 4. The van der Waals surface area contributed by atoms with Crippen molar-refractivity contribution in [1.82, 2.24) is 0 Å². The highest BCUT2D eigenvalue weighted by atomic mass is 35.5. The first kappa shape index (κ1) is 11.0. The maximum atomic E-state index is 5.76. The Kier molecular flexibility index (Phi) is 3.49. The van der Waals surface area contributed by atoms with Gasteiger partial charge in [-0.15, -0.1) is 0 Å². The summed E-state index contributed by atoms with van der Waals surface area (Å²) >= 11 is 5.76. The van der Waals surface area contributed by atoms with E-state index < -0.39 is 0 Å². The van der Waals surface area contributed by atoms with E-state index >= 15 is 0 Å². The van der Waals surface area contributed by atoms with Gasteiger partial charge >= 0.3 is 0 Å². The minimum atomic E-state index is 0.391. The molecule has 2 N–H and O–H groups in total. The number of ether oxygens (including phenoxy) is 1. The van der Waals surface area contributed by atoms with Gasteiger partial charge in [0, 0.05) is 5.02 Å². The molecule has 16 heavy (non-hydrogen) atoms. The minimum Gasteiger partial charge on any atom is -0.486 e. The lowest BCUT2D eigenvalue weighted by atomic mass is 10.3. The van der Waals surface area contributed by atoms with Crippen LogP contribution in [0.15, 0.2) is 40.8 Å². The Labute approximate surface area is 98.8 Å². The monoisotopic (exact) mass is 237 g/mol. The van der Waals surface area contributed by atoms with Crippen LogP contribution in [0.2, 0.25) is 5.02 Å². The predicted molar refractivity (Wildman–Crippen MR) is 62.4 cm³/mol. The average Bonchev–Trinajstić information content (AvgIpc) is 2.76. The van der Waals surface area contributed by atoms with Gasteiger partial charge in [0.15, 0.2) is 0 Å². The summed E-state index contributed by atoms with van der Waals surface area (Å²) in [6.07, 6.45) is 0. The van der Waals surface area contributed by atoms with E-state index in [0.29, 0.717) is 18.2 Å². The molecule has 1 aromatic heterocycles. The van der Waals surface area contributed by atoms with E-state index in [9.17, 15) is 0 Å². The van der Waals surface area contributed by atoms with Crippen LogP contribution in [0, 0.1) is 0 Å². The molecule has 0 saturated heterocycles. The van der Waals surface area contributed by atoms with Crippen LogP contribution < -0.4 is 10.5 Å². The van der Waals surface area contributed by atoms with Gasteiger partial charge in [-0.2, -0.15) is 0 Å². The van der Waals surface area contributed by atoms with Crippen molar-refractivity contribution in [3.05, 3.63) is 52.9 Å². The average molecular weight is 238 g/mol. The molecule has 0 aliphatic heterocycles. The van der Waals surface area contributed by atoms with E-state index in [2.05, 4.69) is 0 Å². The molecule has 0 radical (unpaired) electrons. The Hall–Kier alpha value is -1.45. The smallest absolute Gasteiger partial charge is 0.146 e. The van der Waals surface area contributed by atoms with Crippen LogP contribution in [0.5, 0.6) is 5.75 Å². The summed E-state index contributed by atoms with van der Waals surface area (Å²) in [6, 6.07) is 10.9. The third kappa shape index (κ3) is 2.78. The molecule has 3 nitrogen and oxygen atoms in total. The molecular weight excluding hydrogens is 226 g/mol. The second kappa shape index (κ2) is 5.05. The molecule has 4 heteroatoms. The zero-order chi connectivity index (χ0) is 11.4. The summed E-state index contributed by atoms with van der Waals surface area (Å²) in [5.41, 5.74) is 5.44. The van der Waals surface area contributed by atoms with Gasteiger partial charge in [-0.05, 0) is 36.4 Å². The highest BCUT2D eigenvalue weighted by molar-refractivity contribution is 6.30. The molecule has 0 saturated carbocycles. The quantitative estimate of drug-likeness (QED) is 0.889. The van der Waals surface area contributed by atoms with Crippen molar-refractivity contribution < 1.29 is 9.15 Å². The van der Waals surface area contributed by atoms with Crippen molar-refractivity contribution in [1.29, 1.82) is 0 Å². The van der Waals surface area contributed by atoms with E-state index in [4.69, 9.17) is 26.5 Å². The molecule has 2 rings (SSSR count). The lowest BCUT2D eigenvalue weighted by Crippen LogP contribution is -1.95. The second-order valence-corrected chi connectivity index (χ2v) is 3.75. The van der Waals surface area contributed by atoms with Crippen LogP contribution in [0.25, 0.3) is 0 Å². The molecule has 0 aliphatic rings. The normalized spacial score (nSPS) is 10.4. The van der Waals surface area contributed by atoms with Crippen LogP contribution in [-0.2, 0) is 13.2 Å². The van der Waals surface area contributed by atoms with Gasteiger partial charge in [0.1, 0.15) is 23.9 Å². The molecule has 0 aliphatic carbocycles. The number of hydrogen-bond acceptors (Lipinski definition) is 3. The first-order valence-electron chi connectivity index (χ1n) is 4.94. The lowest BCUT2D eigenvalue weighted by Gasteiger charge is -2.03. The number of halogens is 1. The fourth-order valence-corrected chi connectivity index (χ4v) is 1.42. The molecular formula is C12H12ClNO2. The predicted octanol–water partition coefficient (Wildman–Crippen LogP) is 2.97. The van der Waals surface area contributed by atoms with Crippen molar-refractivity contribution in [3.8, 4) is 5.75 Å². The maximum absolute atomic E-state index is 5.76. The highest BCUT2D eigenvalue weighted by Gasteiger charge is 2.01. The number of furan rings is 1. The van der Waals surface area contributed by atoms with Gasteiger partial charge < -0.3 is 14.9 Å². The Morgan fingerprint density at radius 1 is 1.06 bits per heavy atom. The summed E-state index contributed by atoms with van der Waals surface area (Å²) in [5.74, 6) is 2.28. The fourth-order valence-electron chi connectivity index (χ4n) is 1.29. The summed E-state index contributed by atoms with van der Waals surface area (Å²) in [4.78, 5) is 0. The van der Waals surface area contributed by atoms with Crippen molar-refractivity contribution in [2.75, 3.05) is 0 Å². The van der Waals surface area contributed by atoms with Crippen LogP contribution >= 0.6 is 11.6 Å². The van der Waals surface area contributed by atoms with E-state index in [1.54, 1.807) is 12.1 Å². The van der Waals surface area contributed by atoms with Gasteiger partial charge in [-0.3, -0.25) is 0 Å². The van der Waals surface area contributed by atoms with E-state index in [1.165, 1.54) is 0 Å². The second-order valence-electron chi connectivity index (χ2n) is 3.31. The van der Waals surface area contributed by atoms with Crippen LogP contribution in [0.3, 0.4) is 0 Å². The van der Waals surface area contributed by atoms with Crippen LogP contribution in [0.1, 0.15) is 11.5 Å². The standard InChI is InChI=1S/C12H12ClNO2/c13-9-1-3-10(4-2-9)15-8-12-6-5-11(7-14)16-12/h1-6H,7-8,14H2. The summed E-state index contributed by atoms with van der Waals surface area (Å²) < 4.78 is 10.9. The summed E-state index contributed by atoms with van der Waals surface area (Å²) in [7, 11) is 0. The molecule has 0 bridgehead atoms. The molecule has 84 valence electrons. The van der Waals surface area contributed by atoms with Gasteiger partial charge in [0.2, 0.25) is 0 Å². The number of nitrogens with two attached hydrogens (primary N) is 1. The van der Waals surface area contributed by atoms with Crippen molar-refractivity contribution in [3.63, 3.8) is 0 Å². The molecule has 0 fully saturated rings. The first-order chi connectivity index (χ1) is 7.78. The lowest BCUT2D eigenvalue weighted by molar-refractivity contribution is 0.266. The van der Waals surface area contributed by atoms with Crippen molar-refractivity contribution in [2.24, 2.45) is 5.73 Å². The van der Waals surface area contributed by atoms with E-state index in [1.807, 2.05) is 24.3 Å². The Balaban J connectivity index is 1.94. The first-order valence-corrected chi connectivity index (χ1v) is 5.32. The van der Waals surface area contributed by atoms with Crippen molar-refractivity contribution in [2.45, 2.75) is 13.2 Å². The molecule has 0 unspecified atom stereocenters. The topological polar surface area (TPSA) is 48.4 Å². The SMILES string of the molecule is NCc1ccc(COc2ccc(Cl)cc2)o1.